The van der Waals surface area contributed by atoms with Crippen LogP contribution in [0.15, 0.2) is 47.5 Å². The van der Waals surface area contributed by atoms with Gasteiger partial charge in [0.1, 0.15) is 5.75 Å². The fraction of sp³-hybridized carbons (Fsp3) is 0.250. The van der Waals surface area contributed by atoms with Crippen molar-refractivity contribution in [3.63, 3.8) is 0 Å². The molecule has 0 spiro atoms. The third-order valence-corrected chi connectivity index (χ3v) is 4.98. The van der Waals surface area contributed by atoms with Crippen LogP contribution in [-0.2, 0) is 11.3 Å². The lowest BCUT2D eigenvalue weighted by molar-refractivity contribution is 0.0997. The van der Waals surface area contributed by atoms with Gasteiger partial charge in [-0.2, -0.15) is 10.3 Å². The van der Waals surface area contributed by atoms with Crippen LogP contribution in [0.4, 0.5) is 0 Å². The average Bonchev–Trinajstić information content (AvgIpc) is 3.02. The number of carbonyl (C=O) groups excluding carboxylic acids is 1. The summed E-state index contributed by atoms with van der Waals surface area (Å²) in [5.41, 5.74) is 1.93. The lowest BCUT2D eigenvalue weighted by atomic mass is 10.1. The molecule has 0 saturated carbocycles. The van der Waals surface area contributed by atoms with Gasteiger partial charge in [0.2, 0.25) is 0 Å². The van der Waals surface area contributed by atoms with Crippen molar-refractivity contribution in [3.05, 3.63) is 58.4 Å². The molecule has 2 aromatic carbocycles. The Labute approximate surface area is 160 Å². The third-order valence-electron chi connectivity index (χ3n) is 3.94. The van der Waals surface area contributed by atoms with E-state index in [1.54, 1.807) is 31.4 Å². The molecule has 138 valence electrons. The van der Waals surface area contributed by atoms with E-state index in [4.69, 9.17) is 14.7 Å². The van der Waals surface area contributed by atoms with Gasteiger partial charge < -0.3 is 14.0 Å². The van der Waals surface area contributed by atoms with Crippen molar-refractivity contribution >= 4 is 27.5 Å². The van der Waals surface area contributed by atoms with Crippen LogP contribution < -0.4 is 9.54 Å². The standard InChI is InChI=1S/C20H19N3O3S/c1-3-26-16-8-9-17-18(12-16)27-20(23(17)10-11-25-2)22-19(24)15-6-4-14(13-21)5-7-15/h4-9,12H,3,10-11H2,1-2H3. The molecule has 1 aromatic heterocycles. The number of aromatic nitrogens is 1. The third kappa shape index (κ3) is 4.25. The number of thiazole rings is 1. The van der Waals surface area contributed by atoms with Crippen molar-refractivity contribution in [1.29, 1.82) is 5.26 Å². The highest BCUT2D eigenvalue weighted by Crippen LogP contribution is 2.23. The number of amides is 1. The molecular formula is C20H19N3O3S. The number of rotatable bonds is 6. The highest BCUT2D eigenvalue weighted by atomic mass is 32.1. The lowest BCUT2D eigenvalue weighted by Crippen LogP contribution is -2.19. The van der Waals surface area contributed by atoms with Crippen molar-refractivity contribution in [2.75, 3.05) is 20.3 Å². The number of nitrogens with zero attached hydrogens (tertiary/aromatic N) is 3. The molecule has 0 radical (unpaired) electrons. The monoisotopic (exact) mass is 381 g/mol. The second-order valence-corrected chi connectivity index (χ2v) is 6.71. The first-order chi connectivity index (χ1) is 13.2. The van der Waals surface area contributed by atoms with Crippen LogP contribution in [0.25, 0.3) is 10.2 Å². The first-order valence-corrected chi connectivity index (χ1v) is 9.32. The van der Waals surface area contributed by atoms with E-state index in [1.165, 1.54) is 11.3 Å². The van der Waals surface area contributed by atoms with E-state index in [9.17, 15) is 4.79 Å². The predicted octanol–water partition coefficient (Wildman–Crippen LogP) is 3.36. The molecule has 0 saturated heterocycles. The summed E-state index contributed by atoms with van der Waals surface area (Å²) in [6.45, 7) is 3.63. The van der Waals surface area contributed by atoms with E-state index >= 15 is 0 Å². The van der Waals surface area contributed by atoms with E-state index in [1.807, 2.05) is 35.8 Å². The molecule has 7 heteroatoms. The number of nitriles is 1. The van der Waals surface area contributed by atoms with Crippen LogP contribution in [0, 0.1) is 11.3 Å². The summed E-state index contributed by atoms with van der Waals surface area (Å²) < 4.78 is 13.7. The molecule has 0 unspecified atom stereocenters. The fourth-order valence-electron chi connectivity index (χ4n) is 2.63. The van der Waals surface area contributed by atoms with Crippen LogP contribution in [0.1, 0.15) is 22.8 Å². The van der Waals surface area contributed by atoms with Gasteiger partial charge in [-0.25, -0.2) is 0 Å². The van der Waals surface area contributed by atoms with Gasteiger partial charge in [-0.3, -0.25) is 4.79 Å². The minimum absolute atomic E-state index is 0.345. The maximum absolute atomic E-state index is 12.6. The maximum atomic E-state index is 12.6. The molecule has 1 heterocycles. The first kappa shape index (κ1) is 18.8. The van der Waals surface area contributed by atoms with E-state index in [2.05, 4.69) is 4.99 Å². The van der Waals surface area contributed by atoms with Gasteiger partial charge in [0, 0.05) is 19.2 Å². The Balaban J connectivity index is 2.05. The number of hydrogen-bond donors (Lipinski definition) is 0. The summed E-state index contributed by atoms with van der Waals surface area (Å²) in [5, 5.41) is 8.88. The fourth-order valence-corrected chi connectivity index (χ4v) is 3.72. The van der Waals surface area contributed by atoms with Crippen LogP contribution in [0.2, 0.25) is 0 Å². The molecule has 0 aliphatic heterocycles. The zero-order chi connectivity index (χ0) is 19.2. The summed E-state index contributed by atoms with van der Waals surface area (Å²) in [6.07, 6.45) is 0. The molecule has 6 nitrogen and oxygen atoms in total. The number of fused-ring (bicyclic) bond motifs is 1. The van der Waals surface area contributed by atoms with Crippen molar-refractivity contribution < 1.29 is 14.3 Å². The van der Waals surface area contributed by atoms with Gasteiger partial charge in [0.15, 0.2) is 4.80 Å². The summed E-state index contributed by atoms with van der Waals surface area (Å²) in [6, 6.07) is 14.3. The highest BCUT2D eigenvalue weighted by Gasteiger charge is 2.10. The molecule has 0 atom stereocenters. The molecule has 3 rings (SSSR count). The summed E-state index contributed by atoms with van der Waals surface area (Å²) in [7, 11) is 1.64. The zero-order valence-electron chi connectivity index (χ0n) is 15.1. The molecular weight excluding hydrogens is 362 g/mol. The van der Waals surface area contributed by atoms with Crippen molar-refractivity contribution in [2.45, 2.75) is 13.5 Å². The molecule has 0 fully saturated rings. The van der Waals surface area contributed by atoms with E-state index in [0.29, 0.717) is 35.7 Å². The van der Waals surface area contributed by atoms with Gasteiger partial charge in [0.25, 0.3) is 5.91 Å². The average molecular weight is 381 g/mol. The van der Waals surface area contributed by atoms with Crippen LogP contribution in [0.5, 0.6) is 5.75 Å². The van der Waals surface area contributed by atoms with Gasteiger partial charge in [-0.15, -0.1) is 0 Å². The van der Waals surface area contributed by atoms with Crippen LogP contribution >= 0.6 is 11.3 Å². The number of carbonyl (C=O) groups is 1. The minimum atomic E-state index is -0.345. The molecule has 27 heavy (non-hydrogen) atoms. The normalized spacial score (nSPS) is 11.5. The summed E-state index contributed by atoms with van der Waals surface area (Å²) in [5.74, 6) is 0.442. The van der Waals surface area contributed by atoms with Crippen LogP contribution in [0.3, 0.4) is 0 Å². The Morgan fingerprint density at radius 1 is 1.26 bits per heavy atom. The van der Waals surface area contributed by atoms with Gasteiger partial charge in [-0.1, -0.05) is 11.3 Å². The molecule has 0 aliphatic carbocycles. The SMILES string of the molecule is CCOc1ccc2c(c1)sc(=NC(=O)c1ccc(C#N)cc1)n2CCOC. The van der Waals surface area contributed by atoms with Gasteiger partial charge in [-0.05, 0) is 49.4 Å². The van der Waals surface area contributed by atoms with Gasteiger partial charge >= 0.3 is 0 Å². The molecule has 0 N–H and O–H groups in total. The smallest absolute Gasteiger partial charge is 0.279 e. The second-order valence-electron chi connectivity index (χ2n) is 5.70. The van der Waals surface area contributed by atoms with Crippen molar-refractivity contribution in [2.24, 2.45) is 4.99 Å². The Kier molecular flexibility index (Phi) is 6.01. The number of ether oxygens (including phenoxy) is 2. The lowest BCUT2D eigenvalue weighted by Gasteiger charge is -2.05. The van der Waals surface area contributed by atoms with Gasteiger partial charge in [0.05, 0.1) is 35.1 Å². The Morgan fingerprint density at radius 3 is 2.70 bits per heavy atom. The largest absolute Gasteiger partial charge is 0.494 e. The number of hydrogen-bond acceptors (Lipinski definition) is 5. The predicted molar refractivity (Wildman–Crippen MR) is 104 cm³/mol. The van der Waals surface area contributed by atoms with Crippen molar-refractivity contribution in [3.8, 4) is 11.8 Å². The van der Waals surface area contributed by atoms with Crippen molar-refractivity contribution in [1.82, 2.24) is 4.57 Å². The molecule has 1 amide bonds. The Bertz CT molecular complexity index is 1060. The first-order valence-electron chi connectivity index (χ1n) is 8.50. The highest BCUT2D eigenvalue weighted by molar-refractivity contribution is 7.16. The summed E-state index contributed by atoms with van der Waals surface area (Å²) >= 11 is 1.43. The zero-order valence-corrected chi connectivity index (χ0v) is 16.0. The second kappa shape index (κ2) is 8.62. The van der Waals surface area contributed by atoms with Crippen LogP contribution in [-0.4, -0.2) is 30.8 Å². The van der Waals surface area contributed by atoms with E-state index in [0.717, 1.165) is 16.0 Å². The number of methoxy groups -OCH3 is 1. The summed E-state index contributed by atoms with van der Waals surface area (Å²) in [4.78, 5) is 17.5. The molecule has 0 bridgehead atoms. The minimum Gasteiger partial charge on any atom is -0.494 e. The van der Waals surface area contributed by atoms with E-state index in [-0.39, 0.29) is 5.91 Å². The Hall–Kier alpha value is -2.95. The quantitative estimate of drug-likeness (QED) is 0.656. The number of benzene rings is 2. The molecule has 0 aliphatic rings. The Morgan fingerprint density at radius 2 is 2.04 bits per heavy atom. The topological polar surface area (TPSA) is 76.6 Å². The maximum Gasteiger partial charge on any atom is 0.279 e. The molecule has 3 aromatic rings. The van der Waals surface area contributed by atoms with E-state index < -0.39 is 0 Å².